The van der Waals surface area contributed by atoms with Crippen molar-refractivity contribution in [1.29, 1.82) is 0 Å². The molecular weight excluding hydrogens is 379 g/mol. The van der Waals surface area contributed by atoms with E-state index in [1.807, 2.05) is 13.0 Å². The molecule has 0 atom stereocenters. The molecule has 0 bridgehead atoms. The predicted molar refractivity (Wildman–Crippen MR) is 106 cm³/mol. The molecule has 7 heteroatoms. The summed E-state index contributed by atoms with van der Waals surface area (Å²) in [5, 5.41) is 2.88. The van der Waals surface area contributed by atoms with Crippen LogP contribution < -0.4 is 5.32 Å². The van der Waals surface area contributed by atoms with Crippen LogP contribution in [0.5, 0.6) is 0 Å². The number of benzene rings is 2. The first-order valence-corrected chi connectivity index (χ1v) is 10.9. The van der Waals surface area contributed by atoms with E-state index in [0.717, 1.165) is 11.1 Å². The summed E-state index contributed by atoms with van der Waals surface area (Å²) in [5.41, 5.74) is 1.84. The first-order chi connectivity index (χ1) is 13.4. The summed E-state index contributed by atoms with van der Waals surface area (Å²) in [6, 6.07) is 13.1. The SMILES string of the molecule is Cc1ccc(S(=O)(=O)N2CCC(C(=O)NCCc3cccc(F)c3)CC2)cc1. The number of nitrogens with zero attached hydrogens (tertiary/aromatic N) is 1. The maximum atomic E-state index is 13.2. The molecule has 2 aromatic rings. The Hall–Kier alpha value is -2.25. The van der Waals surface area contributed by atoms with Crippen molar-refractivity contribution in [2.75, 3.05) is 19.6 Å². The highest BCUT2D eigenvalue weighted by Gasteiger charge is 2.31. The van der Waals surface area contributed by atoms with Crippen LogP contribution in [0.4, 0.5) is 4.39 Å². The zero-order chi connectivity index (χ0) is 20.1. The van der Waals surface area contributed by atoms with Crippen LogP contribution in [-0.4, -0.2) is 38.3 Å². The van der Waals surface area contributed by atoms with Gasteiger partial charge in [0, 0.05) is 25.6 Å². The molecule has 1 fully saturated rings. The minimum Gasteiger partial charge on any atom is -0.356 e. The molecule has 1 amide bonds. The Balaban J connectivity index is 1.49. The molecule has 0 spiro atoms. The minimum atomic E-state index is -3.52. The number of hydrogen-bond donors (Lipinski definition) is 1. The molecule has 0 aliphatic carbocycles. The Morgan fingerprint density at radius 3 is 2.46 bits per heavy atom. The number of piperidine rings is 1. The number of sulfonamides is 1. The number of halogens is 1. The highest BCUT2D eigenvalue weighted by molar-refractivity contribution is 7.89. The van der Waals surface area contributed by atoms with Gasteiger partial charge >= 0.3 is 0 Å². The molecule has 1 N–H and O–H groups in total. The monoisotopic (exact) mass is 404 g/mol. The number of rotatable bonds is 6. The van der Waals surface area contributed by atoms with Gasteiger partial charge in [0.1, 0.15) is 5.82 Å². The lowest BCUT2D eigenvalue weighted by molar-refractivity contribution is -0.126. The largest absolute Gasteiger partial charge is 0.356 e. The second-order valence-corrected chi connectivity index (χ2v) is 9.10. The summed E-state index contributed by atoms with van der Waals surface area (Å²) >= 11 is 0. The number of nitrogens with one attached hydrogen (secondary N) is 1. The number of carbonyl (C=O) groups excluding carboxylic acids is 1. The average molecular weight is 405 g/mol. The Bertz CT molecular complexity index is 921. The van der Waals surface area contributed by atoms with Crippen molar-refractivity contribution in [3.05, 3.63) is 65.5 Å². The lowest BCUT2D eigenvalue weighted by Crippen LogP contribution is -2.43. The molecule has 0 unspecified atom stereocenters. The smallest absolute Gasteiger partial charge is 0.243 e. The Kier molecular flexibility index (Phi) is 6.46. The third kappa shape index (κ3) is 4.97. The lowest BCUT2D eigenvalue weighted by Gasteiger charge is -2.30. The van der Waals surface area contributed by atoms with Crippen molar-refractivity contribution < 1.29 is 17.6 Å². The van der Waals surface area contributed by atoms with E-state index in [9.17, 15) is 17.6 Å². The van der Waals surface area contributed by atoms with Crippen LogP contribution in [0.25, 0.3) is 0 Å². The Labute approximate surface area is 165 Å². The van der Waals surface area contributed by atoms with Crippen LogP contribution in [0.1, 0.15) is 24.0 Å². The topological polar surface area (TPSA) is 66.5 Å². The molecule has 1 aliphatic heterocycles. The zero-order valence-corrected chi connectivity index (χ0v) is 16.7. The van der Waals surface area contributed by atoms with Crippen LogP contribution in [0.2, 0.25) is 0 Å². The van der Waals surface area contributed by atoms with Crippen molar-refractivity contribution in [2.24, 2.45) is 5.92 Å². The molecule has 5 nitrogen and oxygen atoms in total. The molecule has 28 heavy (non-hydrogen) atoms. The molecule has 1 saturated heterocycles. The molecule has 150 valence electrons. The normalized spacial score (nSPS) is 16.1. The van der Waals surface area contributed by atoms with Crippen molar-refractivity contribution in [3.8, 4) is 0 Å². The molecule has 0 saturated carbocycles. The molecule has 1 aliphatic rings. The summed E-state index contributed by atoms with van der Waals surface area (Å²) in [5.74, 6) is -0.549. The molecule has 3 rings (SSSR count). The van der Waals surface area contributed by atoms with Gasteiger partial charge in [-0.25, -0.2) is 12.8 Å². The fourth-order valence-corrected chi connectivity index (χ4v) is 4.85. The third-order valence-corrected chi connectivity index (χ3v) is 7.00. The standard InChI is InChI=1S/C21H25FN2O3S/c1-16-5-7-20(8-6-16)28(26,27)24-13-10-18(11-14-24)21(25)23-12-9-17-3-2-4-19(22)15-17/h2-8,15,18H,9-14H2,1H3,(H,23,25). The highest BCUT2D eigenvalue weighted by Crippen LogP contribution is 2.24. The molecular formula is C21H25FN2O3S. The van der Waals surface area contributed by atoms with Crippen molar-refractivity contribution >= 4 is 15.9 Å². The summed E-state index contributed by atoms with van der Waals surface area (Å²) in [6.45, 7) is 3.01. The van der Waals surface area contributed by atoms with Gasteiger partial charge in [0.05, 0.1) is 4.90 Å². The van der Waals surface area contributed by atoms with Gasteiger partial charge in [0.15, 0.2) is 0 Å². The van der Waals surface area contributed by atoms with E-state index in [0.29, 0.717) is 38.9 Å². The molecule has 0 radical (unpaired) electrons. The van der Waals surface area contributed by atoms with Crippen molar-refractivity contribution in [2.45, 2.75) is 31.1 Å². The summed E-state index contributed by atoms with van der Waals surface area (Å²) in [4.78, 5) is 12.7. The summed E-state index contributed by atoms with van der Waals surface area (Å²) < 4.78 is 40.1. The summed E-state index contributed by atoms with van der Waals surface area (Å²) in [6.07, 6.45) is 1.55. The number of amides is 1. The van der Waals surface area contributed by atoms with Gasteiger partial charge in [-0.05, 0) is 56.0 Å². The molecule has 2 aromatic carbocycles. The van der Waals surface area contributed by atoms with Crippen molar-refractivity contribution in [1.82, 2.24) is 9.62 Å². The van der Waals surface area contributed by atoms with E-state index in [2.05, 4.69) is 5.32 Å². The van der Waals surface area contributed by atoms with Crippen molar-refractivity contribution in [3.63, 3.8) is 0 Å². The second-order valence-electron chi connectivity index (χ2n) is 7.16. The van der Waals surface area contributed by atoms with E-state index < -0.39 is 10.0 Å². The highest BCUT2D eigenvalue weighted by atomic mass is 32.2. The zero-order valence-electron chi connectivity index (χ0n) is 15.9. The fraction of sp³-hybridized carbons (Fsp3) is 0.381. The first-order valence-electron chi connectivity index (χ1n) is 9.45. The van der Waals surface area contributed by atoms with Crippen LogP contribution in [-0.2, 0) is 21.2 Å². The van der Waals surface area contributed by atoms with E-state index in [1.165, 1.54) is 16.4 Å². The van der Waals surface area contributed by atoms with Crippen LogP contribution in [0.15, 0.2) is 53.4 Å². The number of hydrogen-bond acceptors (Lipinski definition) is 3. The van der Waals surface area contributed by atoms with Gasteiger partial charge in [-0.1, -0.05) is 29.8 Å². The lowest BCUT2D eigenvalue weighted by atomic mass is 9.97. The quantitative estimate of drug-likeness (QED) is 0.805. The predicted octanol–water partition coefficient (Wildman–Crippen LogP) is 2.89. The van der Waals surface area contributed by atoms with Gasteiger partial charge in [0.2, 0.25) is 15.9 Å². The van der Waals surface area contributed by atoms with Gasteiger partial charge in [0.25, 0.3) is 0 Å². The Morgan fingerprint density at radius 2 is 1.82 bits per heavy atom. The second kappa shape index (κ2) is 8.84. The van der Waals surface area contributed by atoms with Crippen LogP contribution in [0, 0.1) is 18.7 Å². The maximum absolute atomic E-state index is 13.2. The van der Waals surface area contributed by atoms with E-state index in [-0.39, 0.29) is 22.5 Å². The first kappa shape index (κ1) is 20.5. The van der Waals surface area contributed by atoms with Crippen LogP contribution >= 0.6 is 0 Å². The molecule has 0 aromatic heterocycles. The molecule has 1 heterocycles. The van der Waals surface area contributed by atoms with Gasteiger partial charge in [-0.2, -0.15) is 4.31 Å². The van der Waals surface area contributed by atoms with E-state index >= 15 is 0 Å². The average Bonchev–Trinajstić information content (AvgIpc) is 2.68. The van der Waals surface area contributed by atoms with Gasteiger partial charge in [-0.15, -0.1) is 0 Å². The summed E-state index contributed by atoms with van der Waals surface area (Å²) in [7, 11) is -3.52. The fourth-order valence-electron chi connectivity index (χ4n) is 3.38. The van der Waals surface area contributed by atoms with E-state index in [4.69, 9.17) is 0 Å². The Morgan fingerprint density at radius 1 is 1.14 bits per heavy atom. The van der Waals surface area contributed by atoms with Crippen LogP contribution in [0.3, 0.4) is 0 Å². The number of aryl methyl sites for hydroxylation is 1. The van der Waals surface area contributed by atoms with Gasteiger partial charge in [-0.3, -0.25) is 4.79 Å². The van der Waals surface area contributed by atoms with E-state index in [1.54, 1.807) is 30.3 Å². The maximum Gasteiger partial charge on any atom is 0.243 e. The third-order valence-electron chi connectivity index (χ3n) is 5.09. The van der Waals surface area contributed by atoms with Gasteiger partial charge < -0.3 is 5.32 Å². The minimum absolute atomic E-state index is 0.0659. The number of carbonyl (C=O) groups is 1.